The molecule has 1 aromatic rings. The van der Waals surface area contributed by atoms with Crippen LogP contribution < -0.4 is 4.57 Å². The van der Waals surface area contributed by atoms with Crippen LogP contribution in [0.2, 0.25) is 0 Å². The van der Waals surface area contributed by atoms with Crippen molar-refractivity contribution in [1.29, 1.82) is 0 Å². The van der Waals surface area contributed by atoms with Crippen LogP contribution in [0, 0.1) is 0 Å². The van der Waals surface area contributed by atoms with E-state index in [1.165, 1.54) is 0 Å². The number of hydrogen-bond donors (Lipinski definition) is 0. The Hall–Kier alpha value is -0.930. The summed E-state index contributed by atoms with van der Waals surface area (Å²) in [5.41, 5.74) is 1.07. The molecular formula is C12H20NO2+. The first kappa shape index (κ1) is 12.1. The van der Waals surface area contributed by atoms with Gasteiger partial charge in [0, 0.05) is 19.3 Å². The highest BCUT2D eigenvalue weighted by Gasteiger charge is 2.14. The Kier molecular flexibility index (Phi) is 5.29. The largest absolute Gasteiger partial charge is 0.348 e. The smallest absolute Gasteiger partial charge is 0.189 e. The number of hydrogen-bond acceptors (Lipinski definition) is 2. The highest BCUT2D eigenvalue weighted by Crippen LogP contribution is 2.16. The molecule has 0 aliphatic heterocycles. The summed E-state index contributed by atoms with van der Waals surface area (Å²) in [6.45, 7) is 8.34. The lowest BCUT2D eigenvalue weighted by molar-refractivity contribution is -0.694. The zero-order valence-corrected chi connectivity index (χ0v) is 9.77. The number of ether oxygens (including phenoxy) is 2. The van der Waals surface area contributed by atoms with E-state index >= 15 is 0 Å². The summed E-state index contributed by atoms with van der Waals surface area (Å²) in [5, 5.41) is 0. The van der Waals surface area contributed by atoms with Gasteiger partial charge in [-0.15, -0.1) is 0 Å². The first-order chi connectivity index (χ1) is 7.31. The number of pyridine rings is 1. The van der Waals surface area contributed by atoms with Gasteiger partial charge in [0.25, 0.3) is 0 Å². The predicted molar refractivity (Wildman–Crippen MR) is 58.3 cm³/mol. The van der Waals surface area contributed by atoms with Gasteiger partial charge in [0.1, 0.15) is 6.54 Å². The average Bonchev–Trinajstić information content (AvgIpc) is 2.29. The molecule has 3 nitrogen and oxygen atoms in total. The molecule has 0 unspecified atom stereocenters. The lowest BCUT2D eigenvalue weighted by Crippen LogP contribution is -2.32. The minimum absolute atomic E-state index is 0.237. The molecule has 0 radical (unpaired) electrons. The minimum Gasteiger partial charge on any atom is -0.348 e. The van der Waals surface area contributed by atoms with E-state index in [2.05, 4.69) is 17.7 Å². The van der Waals surface area contributed by atoms with E-state index < -0.39 is 0 Å². The molecule has 1 aromatic heterocycles. The van der Waals surface area contributed by atoms with Gasteiger partial charge in [-0.1, -0.05) is 0 Å². The summed E-state index contributed by atoms with van der Waals surface area (Å²) < 4.78 is 13.2. The molecule has 1 heterocycles. The first-order valence-corrected chi connectivity index (χ1v) is 5.54. The molecule has 0 atom stereocenters. The third-order valence-electron chi connectivity index (χ3n) is 2.15. The van der Waals surface area contributed by atoms with Crippen molar-refractivity contribution in [1.82, 2.24) is 0 Å². The summed E-state index contributed by atoms with van der Waals surface area (Å²) in [4.78, 5) is 0. The van der Waals surface area contributed by atoms with Gasteiger partial charge >= 0.3 is 0 Å². The van der Waals surface area contributed by atoms with E-state index in [4.69, 9.17) is 9.47 Å². The zero-order chi connectivity index (χ0) is 11.1. The molecule has 0 bridgehead atoms. The molecular weight excluding hydrogens is 190 g/mol. The third-order valence-corrected chi connectivity index (χ3v) is 2.15. The maximum Gasteiger partial charge on any atom is 0.189 e. The Morgan fingerprint density at radius 2 is 1.87 bits per heavy atom. The summed E-state index contributed by atoms with van der Waals surface area (Å²) in [5.74, 6) is 0. The Morgan fingerprint density at radius 1 is 1.20 bits per heavy atom. The molecule has 0 N–H and O–H groups in total. The van der Waals surface area contributed by atoms with Crippen LogP contribution >= 0.6 is 0 Å². The van der Waals surface area contributed by atoms with E-state index in [0.717, 1.165) is 12.1 Å². The van der Waals surface area contributed by atoms with Gasteiger partial charge in [-0.05, 0) is 26.8 Å². The fourth-order valence-corrected chi connectivity index (χ4v) is 1.42. The van der Waals surface area contributed by atoms with Crippen LogP contribution in [-0.4, -0.2) is 13.2 Å². The maximum atomic E-state index is 5.53. The van der Waals surface area contributed by atoms with Crippen LogP contribution in [0.1, 0.15) is 32.6 Å². The average molecular weight is 210 g/mol. The molecule has 0 amide bonds. The lowest BCUT2D eigenvalue weighted by atomic mass is 10.2. The highest BCUT2D eigenvalue weighted by atomic mass is 16.7. The van der Waals surface area contributed by atoms with Gasteiger partial charge in [-0.25, -0.2) is 4.57 Å². The topological polar surface area (TPSA) is 22.3 Å². The molecule has 0 aliphatic rings. The summed E-state index contributed by atoms with van der Waals surface area (Å²) in [6, 6.07) is 4.05. The third kappa shape index (κ3) is 3.61. The van der Waals surface area contributed by atoms with Crippen molar-refractivity contribution in [2.75, 3.05) is 13.2 Å². The quantitative estimate of drug-likeness (QED) is 0.530. The Labute approximate surface area is 91.6 Å². The van der Waals surface area contributed by atoms with Gasteiger partial charge in [-0.3, -0.25) is 0 Å². The predicted octanol–water partition coefficient (Wildman–Crippen LogP) is 2.07. The van der Waals surface area contributed by atoms with E-state index in [1.54, 1.807) is 0 Å². The molecule has 0 saturated carbocycles. The second-order valence-electron chi connectivity index (χ2n) is 3.21. The van der Waals surface area contributed by atoms with Crippen LogP contribution in [-0.2, 0) is 16.0 Å². The van der Waals surface area contributed by atoms with Crippen molar-refractivity contribution >= 4 is 0 Å². The molecule has 0 aromatic carbocycles. The van der Waals surface area contributed by atoms with Crippen LogP contribution in [0.15, 0.2) is 24.5 Å². The van der Waals surface area contributed by atoms with Crippen molar-refractivity contribution in [3.63, 3.8) is 0 Å². The van der Waals surface area contributed by atoms with Crippen LogP contribution in [0.3, 0.4) is 0 Å². The molecule has 1 rings (SSSR count). The van der Waals surface area contributed by atoms with E-state index in [-0.39, 0.29) is 6.29 Å². The maximum absolute atomic E-state index is 5.53. The summed E-state index contributed by atoms with van der Waals surface area (Å²) in [6.07, 6.45) is 3.87. The highest BCUT2D eigenvalue weighted by molar-refractivity contribution is 5.07. The zero-order valence-electron chi connectivity index (χ0n) is 9.77. The fourth-order valence-electron chi connectivity index (χ4n) is 1.42. The van der Waals surface area contributed by atoms with E-state index in [0.29, 0.717) is 13.2 Å². The molecule has 0 spiro atoms. The molecule has 15 heavy (non-hydrogen) atoms. The fraction of sp³-hybridized carbons (Fsp3) is 0.583. The monoisotopic (exact) mass is 210 g/mol. The van der Waals surface area contributed by atoms with Gasteiger partial charge in [0.15, 0.2) is 18.7 Å². The Bertz CT molecular complexity index is 283. The number of aromatic nitrogens is 1. The first-order valence-electron chi connectivity index (χ1n) is 5.54. The lowest BCUT2D eigenvalue weighted by Gasteiger charge is -2.15. The molecule has 0 fully saturated rings. The normalized spacial score (nSPS) is 10.9. The van der Waals surface area contributed by atoms with E-state index in [1.807, 2.05) is 32.2 Å². The molecule has 84 valence electrons. The standard InChI is InChI=1S/C12H20NO2/c1-4-13-9-7-8-11(10-13)12(14-5-2)15-6-3/h7-10,12H,4-6H2,1-3H3/q+1. The molecule has 3 heteroatoms. The summed E-state index contributed by atoms with van der Waals surface area (Å²) in [7, 11) is 0. The molecule has 0 aliphatic carbocycles. The number of nitrogens with zero attached hydrogens (tertiary/aromatic N) is 1. The van der Waals surface area contributed by atoms with Crippen LogP contribution in [0.25, 0.3) is 0 Å². The number of aryl methyl sites for hydroxylation is 1. The number of rotatable bonds is 6. The van der Waals surface area contributed by atoms with Crippen molar-refractivity contribution in [2.24, 2.45) is 0 Å². The van der Waals surface area contributed by atoms with Crippen molar-refractivity contribution in [3.05, 3.63) is 30.1 Å². The van der Waals surface area contributed by atoms with Crippen molar-refractivity contribution in [3.8, 4) is 0 Å². The van der Waals surface area contributed by atoms with Crippen molar-refractivity contribution < 1.29 is 14.0 Å². The van der Waals surface area contributed by atoms with Crippen LogP contribution in [0.5, 0.6) is 0 Å². The second kappa shape index (κ2) is 6.53. The van der Waals surface area contributed by atoms with Gasteiger partial charge in [-0.2, -0.15) is 0 Å². The SMILES string of the molecule is CCOC(OCC)c1ccc[n+](CC)c1. The molecule has 0 saturated heterocycles. The van der Waals surface area contributed by atoms with Crippen LogP contribution in [0.4, 0.5) is 0 Å². The van der Waals surface area contributed by atoms with Gasteiger partial charge in [0.05, 0.1) is 5.56 Å². The summed E-state index contributed by atoms with van der Waals surface area (Å²) >= 11 is 0. The van der Waals surface area contributed by atoms with Crippen molar-refractivity contribution in [2.45, 2.75) is 33.6 Å². The Balaban J connectivity index is 2.79. The van der Waals surface area contributed by atoms with E-state index in [9.17, 15) is 0 Å². The Morgan fingerprint density at radius 3 is 2.40 bits per heavy atom. The van der Waals surface area contributed by atoms with Gasteiger partial charge in [0.2, 0.25) is 0 Å². The second-order valence-corrected chi connectivity index (χ2v) is 3.21. The van der Waals surface area contributed by atoms with Gasteiger partial charge < -0.3 is 9.47 Å². The minimum atomic E-state index is -0.237.